The van der Waals surface area contributed by atoms with Crippen molar-refractivity contribution in [3.05, 3.63) is 46.6 Å². The number of aromatic amines is 1. The van der Waals surface area contributed by atoms with Crippen LogP contribution in [0.15, 0.2) is 35.5 Å². The van der Waals surface area contributed by atoms with Gasteiger partial charge in [-0.15, -0.1) is 0 Å². The minimum absolute atomic E-state index is 0.210. The zero-order valence-electron chi connectivity index (χ0n) is 10.3. The van der Waals surface area contributed by atoms with E-state index in [1.54, 1.807) is 25.6 Å². The molecule has 7 nitrogen and oxygen atoms in total. The van der Waals surface area contributed by atoms with Gasteiger partial charge in [-0.1, -0.05) is 6.07 Å². The summed E-state index contributed by atoms with van der Waals surface area (Å²) in [6, 6.07) is 3.80. The molecule has 3 rings (SSSR count). The van der Waals surface area contributed by atoms with Crippen LogP contribution in [0.4, 0.5) is 5.95 Å². The van der Waals surface area contributed by atoms with Crippen molar-refractivity contribution >= 4 is 17.0 Å². The van der Waals surface area contributed by atoms with Crippen molar-refractivity contribution in [3.63, 3.8) is 0 Å². The normalized spacial score (nSPS) is 10.8. The van der Waals surface area contributed by atoms with Crippen LogP contribution in [0.5, 0.6) is 0 Å². The van der Waals surface area contributed by atoms with Crippen molar-refractivity contribution in [2.45, 2.75) is 6.54 Å². The molecule has 3 heterocycles. The lowest BCUT2D eigenvalue weighted by molar-refractivity contribution is 0.792. The molecule has 3 aromatic heterocycles. The van der Waals surface area contributed by atoms with E-state index in [9.17, 15) is 4.79 Å². The SMILES string of the molecule is Cn1ncc2nc(NCc3cccnc3)[nH]c(=O)c21. The highest BCUT2D eigenvalue weighted by Crippen LogP contribution is 2.07. The molecule has 0 unspecified atom stereocenters. The summed E-state index contributed by atoms with van der Waals surface area (Å²) in [6.07, 6.45) is 5.04. The highest BCUT2D eigenvalue weighted by molar-refractivity contribution is 5.73. The van der Waals surface area contributed by atoms with Crippen LogP contribution in [0.1, 0.15) is 5.56 Å². The summed E-state index contributed by atoms with van der Waals surface area (Å²) in [6.45, 7) is 0.544. The van der Waals surface area contributed by atoms with Crippen molar-refractivity contribution in [2.24, 2.45) is 7.05 Å². The lowest BCUT2D eigenvalue weighted by atomic mass is 10.3. The number of aryl methyl sites for hydroxylation is 1. The van der Waals surface area contributed by atoms with E-state index in [0.29, 0.717) is 23.5 Å². The number of pyridine rings is 1. The maximum absolute atomic E-state index is 11.9. The largest absolute Gasteiger partial charge is 0.352 e. The van der Waals surface area contributed by atoms with Crippen LogP contribution < -0.4 is 10.9 Å². The first-order valence-electron chi connectivity index (χ1n) is 5.79. The van der Waals surface area contributed by atoms with E-state index in [0.717, 1.165) is 5.56 Å². The summed E-state index contributed by atoms with van der Waals surface area (Å²) in [5.41, 5.74) is 1.84. The predicted octanol–water partition coefficient (Wildman–Crippen LogP) is 0.664. The Morgan fingerprint density at radius 3 is 3.11 bits per heavy atom. The van der Waals surface area contributed by atoms with Crippen molar-refractivity contribution < 1.29 is 0 Å². The third-order valence-electron chi connectivity index (χ3n) is 2.78. The summed E-state index contributed by atoms with van der Waals surface area (Å²) in [5, 5.41) is 7.07. The van der Waals surface area contributed by atoms with Gasteiger partial charge >= 0.3 is 0 Å². The van der Waals surface area contributed by atoms with Gasteiger partial charge in [-0.25, -0.2) is 4.98 Å². The Balaban J connectivity index is 1.88. The minimum atomic E-state index is -0.210. The summed E-state index contributed by atoms with van der Waals surface area (Å²) in [4.78, 5) is 22.9. The van der Waals surface area contributed by atoms with Crippen LogP contribution in [-0.4, -0.2) is 24.7 Å². The Bertz CT molecular complexity index is 761. The number of nitrogens with one attached hydrogen (secondary N) is 2. The molecule has 0 spiro atoms. The number of hydrogen-bond donors (Lipinski definition) is 2. The lowest BCUT2D eigenvalue weighted by Crippen LogP contribution is -2.15. The molecule has 3 aromatic rings. The van der Waals surface area contributed by atoms with Gasteiger partial charge in [0.05, 0.1) is 6.20 Å². The first-order chi connectivity index (χ1) is 9.24. The fourth-order valence-electron chi connectivity index (χ4n) is 1.86. The van der Waals surface area contributed by atoms with Gasteiger partial charge in [0, 0.05) is 26.0 Å². The maximum atomic E-state index is 11.9. The smallest absolute Gasteiger partial charge is 0.278 e. The van der Waals surface area contributed by atoms with Gasteiger partial charge in [-0.05, 0) is 11.6 Å². The fraction of sp³-hybridized carbons (Fsp3) is 0.167. The fourth-order valence-corrected chi connectivity index (χ4v) is 1.86. The Hall–Kier alpha value is -2.70. The van der Waals surface area contributed by atoms with Gasteiger partial charge in [0.25, 0.3) is 5.56 Å². The summed E-state index contributed by atoms with van der Waals surface area (Å²) >= 11 is 0. The Morgan fingerprint density at radius 2 is 2.32 bits per heavy atom. The molecule has 0 aliphatic carbocycles. The number of H-pyrrole nitrogens is 1. The molecule has 0 aromatic carbocycles. The first kappa shape index (κ1) is 11.4. The van der Waals surface area contributed by atoms with Gasteiger partial charge in [-0.2, -0.15) is 5.10 Å². The molecule has 0 atom stereocenters. The maximum Gasteiger partial charge on any atom is 0.278 e. The van der Waals surface area contributed by atoms with Crippen molar-refractivity contribution in [3.8, 4) is 0 Å². The third kappa shape index (κ3) is 2.17. The molecule has 0 radical (unpaired) electrons. The third-order valence-corrected chi connectivity index (χ3v) is 2.78. The van der Waals surface area contributed by atoms with Crippen LogP contribution >= 0.6 is 0 Å². The van der Waals surface area contributed by atoms with Gasteiger partial charge < -0.3 is 5.32 Å². The van der Waals surface area contributed by atoms with Crippen LogP contribution in [0.2, 0.25) is 0 Å². The predicted molar refractivity (Wildman–Crippen MR) is 70.7 cm³/mol. The standard InChI is InChI=1S/C12H12N6O/c1-18-10-9(7-15-18)16-12(17-11(10)19)14-6-8-3-2-4-13-5-8/h2-5,7H,6H2,1H3,(H2,14,16,17,19). The number of rotatable bonds is 3. The van der Waals surface area contributed by atoms with Gasteiger partial charge in [0.2, 0.25) is 5.95 Å². The van der Waals surface area contributed by atoms with Crippen LogP contribution in [0, 0.1) is 0 Å². The van der Waals surface area contributed by atoms with Crippen LogP contribution in [-0.2, 0) is 13.6 Å². The summed E-state index contributed by atoms with van der Waals surface area (Å²) in [7, 11) is 1.71. The van der Waals surface area contributed by atoms with E-state index in [-0.39, 0.29) is 5.56 Å². The number of fused-ring (bicyclic) bond motifs is 1. The van der Waals surface area contributed by atoms with Crippen molar-refractivity contribution in [2.75, 3.05) is 5.32 Å². The molecule has 0 bridgehead atoms. The van der Waals surface area contributed by atoms with Gasteiger partial charge in [-0.3, -0.25) is 19.4 Å². The van der Waals surface area contributed by atoms with Gasteiger partial charge in [0.15, 0.2) is 5.52 Å². The monoisotopic (exact) mass is 256 g/mol. The quantitative estimate of drug-likeness (QED) is 0.718. The van der Waals surface area contributed by atoms with E-state index in [1.807, 2.05) is 12.1 Å². The minimum Gasteiger partial charge on any atom is -0.352 e. The second-order valence-corrected chi connectivity index (χ2v) is 4.13. The molecule has 2 N–H and O–H groups in total. The Labute approximate surface area is 108 Å². The van der Waals surface area contributed by atoms with E-state index in [4.69, 9.17) is 0 Å². The van der Waals surface area contributed by atoms with E-state index < -0.39 is 0 Å². The molecule has 96 valence electrons. The summed E-state index contributed by atoms with van der Waals surface area (Å²) in [5.74, 6) is 0.425. The molecule has 0 aliphatic heterocycles. The number of anilines is 1. The first-order valence-corrected chi connectivity index (χ1v) is 5.79. The number of nitrogens with zero attached hydrogens (tertiary/aromatic N) is 4. The Morgan fingerprint density at radius 1 is 1.42 bits per heavy atom. The van der Waals surface area contributed by atoms with E-state index in [1.165, 1.54) is 4.68 Å². The lowest BCUT2D eigenvalue weighted by Gasteiger charge is -2.04. The molecule has 0 saturated carbocycles. The molecular weight excluding hydrogens is 244 g/mol. The molecule has 0 aliphatic rings. The highest BCUT2D eigenvalue weighted by Gasteiger charge is 2.07. The van der Waals surface area contributed by atoms with E-state index in [2.05, 4.69) is 25.4 Å². The average molecular weight is 256 g/mol. The topological polar surface area (TPSA) is 88.5 Å². The van der Waals surface area contributed by atoms with Gasteiger partial charge in [0.1, 0.15) is 5.52 Å². The number of hydrogen-bond acceptors (Lipinski definition) is 5. The summed E-state index contributed by atoms with van der Waals surface area (Å²) < 4.78 is 1.51. The van der Waals surface area contributed by atoms with E-state index >= 15 is 0 Å². The molecule has 19 heavy (non-hydrogen) atoms. The average Bonchev–Trinajstić information content (AvgIpc) is 2.80. The highest BCUT2D eigenvalue weighted by atomic mass is 16.1. The zero-order chi connectivity index (χ0) is 13.2. The molecule has 0 amide bonds. The van der Waals surface area contributed by atoms with Crippen molar-refractivity contribution in [1.29, 1.82) is 0 Å². The van der Waals surface area contributed by atoms with Crippen LogP contribution in [0.25, 0.3) is 11.0 Å². The second-order valence-electron chi connectivity index (χ2n) is 4.13. The molecule has 0 fully saturated rings. The Kier molecular flexibility index (Phi) is 2.71. The second kappa shape index (κ2) is 4.52. The van der Waals surface area contributed by atoms with Crippen LogP contribution in [0.3, 0.4) is 0 Å². The number of aromatic nitrogens is 5. The molecule has 7 heteroatoms. The molecule has 0 saturated heterocycles. The zero-order valence-corrected chi connectivity index (χ0v) is 10.3. The molecular formula is C12H12N6O. The van der Waals surface area contributed by atoms with Crippen molar-refractivity contribution in [1.82, 2.24) is 24.7 Å².